The van der Waals surface area contributed by atoms with Crippen molar-refractivity contribution < 1.29 is 4.79 Å². The van der Waals surface area contributed by atoms with Gasteiger partial charge in [-0.25, -0.2) is 0 Å². The zero-order valence-corrected chi connectivity index (χ0v) is 13.9. The van der Waals surface area contributed by atoms with Crippen LogP contribution in [0.5, 0.6) is 0 Å². The molecule has 0 bridgehead atoms. The van der Waals surface area contributed by atoms with Gasteiger partial charge < -0.3 is 11.1 Å². The van der Waals surface area contributed by atoms with E-state index in [4.69, 9.17) is 17.3 Å². The summed E-state index contributed by atoms with van der Waals surface area (Å²) < 4.78 is 1.49. The van der Waals surface area contributed by atoms with E-state index in [1.165, 1.54) is 0 Å². The summed E-state index contributed by atoms with van der Waals surface area (Å²) in [6.45, 7) is 2.55. The fourth-order valence-corrected chi connectivity index (χ4v) is 3.38. The maximum atomic E-state index is 11.9. The molecule has 0 radical (unpaired) electrons. The molecule has 1 atom stereocenters. The van der Waals surface area contributed by atoms with Crippen LogP contribution in [-0.4, -0.2) is 12.5 Å². The number of amides is 1. The van der Waals surface area contributed by atoms with E-state index < -0.39 is 0 Å². The number of carbonyl (C=O) groups is 1. The standard InChI is InChI=1S/C12H15Br2ClN2O/c1-2-7(6-16)3-11(18)17-12-9(13)4-8(15)5-10(12)14/h4-5,7H,2-3,6,16H2,1H3,(H,17,18). The first-order chi connectivity index (χ1) is 8.47. The lowest BCUT2D eigenvalue weighted by Gasteiger charge is -2.14. The Bertz CT molecular complexity index is 413. The molecule has 0 aliphatic carbocycles. The molecule has 0 aliphatic heterocycles. The minimum atomic E-state index is -0.0453. The number of halogens is 3. The predicted octanol–water partition coefficient (Wildman–Crippen LogP) is 4.18. The second-order valence-electron chi connectivity index (χ2n) is 4.01. The Labute approximate surface area is 129 Å². The van der Waals surface area contributed by atoms with Crippen LogP contribution in [0.4, 0.5) is 5.69 Å². The van der Waals surface area contributed by atoms with Crippen molar-refractivity contribution in [3.63, 3.8) is 0 Å². The summed E-state index contributed by atoms with van der Waals surface area (Å²) in [5.41, 5.74) is 6.28. The molecule has 100 valence electrons. The number of rotatable bonds is 5. The van der Waals surface area contributed by atoms with Crippen LogP contribution in [0, 0.1) is 5.92 Å². The van der Waals surface area contributed by atoms with Gasteiger partial charge in [0.15, 0.2) is 0 Å². The molecule has 0 saturated carbocycles. The molecule has 1 rings (SSSR count). The third-order valence-corrected chi connectivity index (χ3v) is 4.13. The van der Waals surface area contributed by atoms with Crippen molar-refractivity contribution in [3.8, 4) is 0 Å². The highest BCUT2D eigenvalue weighted by Gasteiger charge is 2.14. The molecule has 18 heavy (non-hydrogen) atoms. The Morgan fingerprint density at radius 2 is 2.00 bits per heavy atom. The van der Waals surface area contributed by atoms with Crippen molar-refractivity contribution in [1.82, 2.24) is 0 Å². The van der Waals surface area contributed by atoms with Crippen molar-refractivity contribution in [1.29, 1.82) is 0 Å². The van der Waals surface area contributed by atoms with Crippen LogP contribution in [0.1, 0.15) is 19.8 Å². The number of hydrogen-bond donors (Lipinski definition) is 2. The average molecular weight is 399 g/mol. The number of nitrogens with one attached hydrogen (secondary N) is 1. The molecular formula is C12H15Br2ClN2O. The normalized spacial score (nSPS) is 12.3. The molecule has 6 heteroatoms. The lowest BCUT2D eigenvalue weighted by Crippen LogP contribution is -2.22. The van der Waals surface area contributed by atoms with Gasteiger partial charge in [-0.15, -0.1) is 0 Å². The molecule has 0 heterocycles. The molecule has 1 amide bonds. The fourth-order valence-electron chi connectivity index (χ4n) is 1.51. The van der Waals surface area contributed by atoms with Crippen LogP contribution in [-0.2, 0) is 4.79 Å². The molecule has 0 saturated heterocycles. The van der Waals surface area contributed by atoms with Crippen LogP contribution >= 0.6 is 43.5 Å². The summed E-state index contributed by atoms with van der Waals surface area (Å²) in [5, 5.41) is 3.46. The molecule has 0 aliphatic rings. The van der Waals surface area contributed by atoms with Gasteiger partial charge in [0.05, 0.1) is 5.69 Å². The van der Waals surface area contributed by atoms with E-state index in [2.05, 4.69) is 37.2 Å². The monoisotopic (exact) mass is 396 g/mol. The summed E-state index contributed by atoms with van der Waals surface area (Å²) in [5.74, 6) is 0.172. The van der Waals surface area contributed by atoms with Gasteiger partial charge in [0.1, 0.15) is 0 Å². The summed E-state index contributed by atoms with van der Waals surface area (Å²) in [4.78, 5) is 11.9. The van der Waals surface area contributed by atoms with Gasteiger partial charge in [-0.2, -0.15) is 0 Å². The predicted molar refractivity (Wildman–Crippen MR) is 82.9 cm³/mol. The molecule has 0 aromatic heterocycles. The van der Waals surface area contributed by atoms with Crippen LogP contribution < -0.4 is 11.1 Å². The molecule has 0 fully saturated rings. The number of carbonyl (C=O) groups excluding carboxylic acids is 1. The number of nitrogens with two attached hydrogens (primary N) is 1. The maximum absolute atomic E-state index is 11.9. The van der Waals surface area contributed by atoms with E-state index in [1.54, 1.807) is 12.1 Å². The SMILES string of the molecule is CCC(CN)CC(=O)Nc1c(Br)cc(Cl)cc1Br. The Morgan fingerprint density at radius 1 is 1.44 bits per heavy atom. The topological polar surface area (TPSA) is 55.1 Å². The lowest BCUT2D eigenvalue weighted by molar-refractivity contribution is -0.117. The van der Waals surface area contributed by atoms with Gasteiger partial charge in [0, 0.05) is 20.4 Å². The fraction of sp³-hybridized carbons (Fsp3) is 0.417. The van der Waals surface area contributed by atoms with Crippen LogP contribution in [0.2, 0.25) is 5.02 Å². The molecule has 0 spiro atoms. The van der Waals surface area contributed by atoms with Gasteiger partial charge in [-0.05, 0) is 56.5 Å². The number of hydrogen-bond acceptors (Lipinski definition) is 2. The van der Waals surface area contributed by atoms with Gasteiger partial charge >= 0.3 is 0 Å². The quantitative estimate of drug-likeness (QED) is 0.782. The Kier molecular flexibility index (Phi) is 6.63. The zero-order chi connectivity index (χ0) is 13.7. The third-order valence-electron chi connectivity index (χ3n) is 2.66. The van der Waals surface area contributed by atoms with Crippen LogP contribution in [0.25, 0.3) is 0 Å². The molecule has 1 unspecified atom stereocenters. The van der Waals surface area contributed by atoms with Crippen LogP contribution in [0.3, 0.4) is 0 Å². The van der Waals surface area contributed by atoms with Crippen molar-refractivity contribution in [2.24, 2.45) is 11.7 Å². The van der Waals surface area contributed by atoms with E-state index in [-0.39, 0.29) is 11.8 Å². The van der Waals surface area contributed by atoms with Crippen molar-refractivity contribution in [3.05, 3.63) is 26.1 Å². The van der Waals surface area contributed by atoms with E-state index in [0.29, 0.717) is 23.7 Å². The molecular weight excluding hydrogens is 383 g/mol. The largest absolute Gasteiger partial charge is 0.330 e. The Balaban J connectivity index is 2.76. The van der Waals surface area contributed by atoms with E-state index >= 15 is 0 Å². The lowest BCUT2D eigenvalue weighted by atomic mass is 10.0. The number of anilines is 1. The minimum absolute atomic E-state index is 0.0453. The smallest absolute Gasteiger partial charge is 0.224 e. The highest BCUT2D eigenvalue weighted by atomic mass is 79.9. The Hall–Kier alpha value is -0.100. The second-order valence-corrected chi connectivity index (χ2v) is 6.15. The highest BCUT2D eigenvalue weighted by molar-refractivity contribution is 9.11. The highest BCUT2D eigenvalue weighted by Crippen LogP contribution is 2.34. The summed E-state index contributed by atoms with van der Waals surface area (Å²) in [6, 6.07) is 3.48. The summed E-state index contributed by atoms with van der Waals surface area (Å²) in [6.07, 6.45) is 1.32. The maximum Gasteiger partial charge on any atom is 0.224 e. The van der Waals surface area contributed by atoms with Gasteiger partial charge in [-0.3, -0.25) is 4.79 Å². The van der Waals surface area contributed by atoms with E-state index in [0.717, 1.165) is 15.4 Å². The summed E-state index contributed by atoms with van der Waals surface area (Å²) in [7, 11) is 0. The van der Waals surface area contributed by atoms with Crippen LogP contribution in [0.15, 0.2) is 21.1 Å². The summed E-state index contributed by atoms with van der Waals surface area (Å²) >= 11 is 12.6. The van der Waals surface area contributed by atoms with Crippen molar-refractivity contribution in [2.45, 2.75) is 19.8 Å². The average Bonchev–Trinajstić information content (AvgIpc) is 2.30. The molecule has 3 nitrogen and oxygen atoms in total. The Morgan fingerprint density at radius 3 is 2.44 bits per heavy atom. The third kappa shape index (κ3) is 4.53. The second kappa shape index (κ2) is 7.48. The minimum Gasteiger partial charge on any atom is -0.330 e. The van der Waals surface area contributed by atoms with Gasteiger partial charge in [0.25, 0.3) is 0 Å². The first-order valence-electron chi connectivity index (χ1n) is 5.62. The molecule has 1 aromatic carbocycles. The molecule has 3 N–H and O–H groups in total. The molecule has 1 aromatic rings. The van der Waals surface area contributed by atoms with Gasteiger partial charge in [-0.1, -0.05) is 24.9 Å². The first kappa shape index (κ1) is 16.0. The van der Waals surface area contributed by atoms with E-state index in [1.807, 2.05) is 6.92 Å². The van der Waals surface area contributed by atoms with Gasteiger partial charge in [0.2, 0.25) is 5.91 Å². The van der Waals surface area contributed by atoms with Crippen molar-refractivity contribution >= 4 is 55.1 Å². The van der Waals surface area contributed by atoms with E-state index in [9.17, 15) is 4.79 Å². The van der Waals surface area contributed by atoms with Crippen molar-refractivity contribution in [2.75, 3.05) is 11.9 Å². The first-order valence-corrected chi connectivity index (χ1v) is 7.58. The zero-order valence-electron chi connectivity index (χ0n) is 9.97. The number of benzene rings is 1.